The number of likely N-dealkylation sites (N-methyl/N-ethyl adjacent to an activating group) is 1. The van der Waals surface area contributed by atoms with Gasteiger partial charge >= 0.3 is 0 Å². The van der Waals surface area contributed by atoms with Gasteiger partial charge in [-0.3, -0.25) is 9.89 Å². The van der Waals surface area contributed by atoms with Crippen molar-refractivity contribution in [2.45, 2.75) is 18.9 Å². The van der Waals surface area contributed by atoms with E-state index in [1.807, 2.05) is 48.3 Å². The molecule has 1 amide bonds. The van der Waals surface area contributed by atoms with E-state index in [2.05, 4.69) is 15.5 Å². The topological polar surface area (TPSA) is 61.0 Å². The van der Waals surface area contributed by atoms with Crippen LogP contribution in [-0.4, -0.2) is 47.2 Å². The Morgan fingerprint density at radius 1 is 1.38 bits per heavy atom. The molecule has 0 saturated carbocycles. The Kier molecular flexibility index (Phi) is 4.01. The maximum absolute atomic E-state index is 12.5. The lowest BCUT2D eigenvalue weighted by molar-refractivity contribution is 0.0692. The van der Waals surface area contributed by atoms with Gasteiger partial charge in [0.1, 0.15) is 5.69 Å². The van der Waals surface area contributed by atoms with E-state index in [1.54, 1.807) is 0 Å². The second-order valence-electron chi connectivity index (χ2n) is 5.41. The molecule has 3 rings (SSSR count). The van der Waals surface area contributed by atoms with Crippen molar-refractivity contribution in [1.82, 2.24) is 20.4 Å². The van der Waals surface area contributed by atoms with Crippen molar-refractivity contribution >= 4 is 5.91 Å². The maximum Gasteiger partial charge on any atom is 0.271 e. The number of benzene rings is 1. The highest BCUT2D eigenvalue weighted by atomic mass is 16.2. The molecule has 0 aliphatic carbocycles. The number of hydrogen-bond donors (Lipinski definition) is 2. The Morgan fingerprint density at radius 3 is 2.95 bits per heavy atom. The molecule has 2 N–H and O–H groups in total. The van der Waals surface area contributed by atoms with E-state index in [-0.39, 0.29) is 5.91 Å². The number of rotatable bonds is 3. The summed E-state index contributed by atoms with van der Waals surface area (Å²) in [6.07, 6.45) is 2.16. The number of aromatic nitrogens is 2. The Labute approximate surface area is 124 Å². The summed E-state index contributed by atoms with van der Waals surface area (Å²) < 4.78 is 0. The Morgan fingerprint density at radius 2 is 2.19 bits per heavy atom. The number of likely N-dealkylation sites (tertiary alicyclic amines) is 1. The summed E-state index contributed by atoms with van der Waals surface area (Å²) in [7, 11) is 1.95. The van der Waals surface area contributed by atoms with Gasteiger partial charge in [0.2, 0.25) is 0 Å². The van der Waals surface area contributed by atoms with E-state index in [9.17, 15) is 4.79 Å². The third-order valence-corrected chi connectivity index (χ3v) is 3.99. The average Bonchev–Trinajstić information content (AvgIpc) is 3.05. The fraction of sp³-hybridized carbons (Fsp3) is 0.375. The lowest BCUT2D eigenvalue weighted by Gasteiger charge is -2.32. The van der Waals surface area contributed by atoms with Crippen LogP contribution in [0.5, 0.6) is 0 Å². The zero-order valence-corrected chi connectivity index (χ0v) is 12.2. The molecule has 2 aromatic rings. The predicted octanol–water partition coefficient (Wildman–Crippen LogP) is 1.90. The van der Waals surface area contributed by atoms with Gasteiger partial charge in [-0.15, -0.1) is 0 Å². The summed E-state index contributed by atoms with van der Waals surface area (Å²) in [6.45, 7) is 1.58. The predicted molar refractivity (Wildman–Crippen MR) is 82.0 cm³/mol. The van der Waals surface area contributed by atoms with E-state index in [1.165, 1.54) is 0 Å². The lowest BCUT2D eigenvalue weighted by Crippen LogP contribution is -2.47. The van der Waals surface area contributed by atoms with Crippen LogP contribution in [0.4, 0.5) is 0 Å². The first-order valence-electron chi connectivity index (χ1n) is 7.35. The first-order valence-corrected chi connectivity index (χ1v) is 7.35. The maximum atomic E-state index is 12.5. The van der Waals surface area contributed by atoms with Crippen molar-refractivity contribution < 1.29 is 4.79 Å². The van der Waals surface area contributed by atoms with E-state index < -0.39 is 0 Å². The molecule has 1 aliphatic heterocycles. The average molecular weight is 284 g/mol. The van der Waals surface area contributed by atoms with Crippen LogP contribution in [-0.2, 0) is 0 Å². The number of nitrogens with zero attached hydrogens (tertiary/aromatic N) is 2. The Hall–Kier alpha value is -2.14. The van der Waals surface area contributed by atoms with Gasteiger partial charge in [-0.2, -0.15) is 5.10 Å². The van der Waals surface area contributed by atoms with E-state index in [0.717, 1.165) is 37.2 Å². The van der Waals surface area contributed by atoms with Crippen LogP contribution in [0, 0.1) is 0 Å². The minimum absolute atomic E-state index is 0.0321. The van der Waals surface area contributed by atoms with Gasteiger partial charge in [-0.1, -0.05) is 30.3 Å². The van der Waals surface area contributed by atoms with Gasteiger partial charge in [0, 0.05) is 24.7 Å². The monoisotopic (exact) mass is 284 g/mol. The highest BCUT2D eigenvalue weighted by Crippen LogP contribution is 2.19. The highest BCUT2D eigenvalue weighted by Gasteiger charge is 2.24. The molecule has 0 radical (unpaired) electrons. The van der Waals surface area contributed by atoms with Gasteiger partial charge < -0.3 is 10.2 Å². The molecule has 21 heavy (non-hydrogen) atoms. The van der Waals surface area contributed by atoms with Gasteiger partial charge in [0.25, 0.3) is 5.91 Å². The molecule has 1 unspecified atom stereocenters. The number of hydrogen-bond acceptors (Lipinski definition) is 3. The smallest absolute Gasteiger partial charge is 0.271 e. The summed E-state index contributed by atoms with van der Waals surface area (Å²) in [5, 5.41) is 10.4. The number of aromatic amines is 1. The minimum Gasteiger partial charge on any atom is -0.336 e. The molecule has 1 fully saturated rings. The molecule has 1 aromatic carbocycles. The Balaban J connectivity index is 1.75. The van der Waals surface area contributed by atoms with Crippen LogP contribution in [0.25, 0.3) is 11.3 Å². The standard InChI is InChI=1S/C16H20N4O/c1-17-13-8-5-9-20(11-13)16(21)15-10-14(18-19-15)12-6-3-2-4-7-12/h2-4,6-7,10,13,17H,5,8-9,11H2,1H3,(H,18,19). The first-order chi connectivity index (χ1) is 10.3. The SMILES string of the molecule is CNC1CCCN(C(=O)c2cc(-c3ccccc3)n[nH]2)C1. The van der Waals surface area contributed by atoms with Crippen LogP contribution < -0.4 is 5.32 Å². The molecule has 1 aromatic heterocycles. The van der Waals surface area contributed by atoms with Crippen LogP contribution in [0.15, 0.2) is 36.4 Å². The van der Waals surface area contributed by atoms with Crippen LogP contribution in [0.1, 0.15) is 23.3 Å². The summed E-state index contributed by atoms with van der Waals surface area (Å²) in [5.74, 6) is 0.0321. The molecule has 1 aliphatic rings. The molecule has 5 heteroatoms. The third-order valence-electron chi connectivity index (χ3n) is 3.99. The molecule has 0 bridgehead atoms. The Bertz CT molecular complexity index is 608. The second kappa shape index (κ2) is 6.10. The van der Waals surface area contributed by atoms with Crippen molar-refractivity contribution in [1.29, 1.82) is 0 Å². The number of amides is 1. The lowest BCUT2D eigenvalue weighted by atomic mass is 10.1. The molecule has 1 saturated heterocycles. The van der Waals surface area contributed by atoms with Gasteiger partial charge in [-0.05, 0) is 26.0 Å². The minimum atomic E-state index is 0.0321. The van der Waals surface area contributed by atoms with Gasteiger partial charge in [-0.25, -0.2) is 0 Å². The highest BCUT2D eigenvalue weighted by molar-refractivity contribution is 5.93. The van der Waals surface area contributed by atoms with Crippen LogP contribution >= 0.6 is 0 Å². The molecular formula is C16H20N4O. The number of H-pyrrole nitrogens is 1. The summed E-state index contributed by atoms with van der Waals surface area (Å²) in [5.41, 5.74) is 2.38. The van der Waals surface area contributed by atoms with Gasteiger partial charge in [0.15, 0.2) is 0 Å². The van der Waals surface area contributed by atoms with Crippen molar-refractivity contribution in [3.8, 4) is 11.3 Å². The second-order valence-corrected chi connectivity index (χ2v) is 5.41. The zero-order valence-electron chi connectivity index (χ0n) is 12.2. The summed E-state index contributed by atoms with van der Waals surface area (Å²) >= 11 is 0. The normalized spacial score (nSPS) is 18.7. The van der Waals surface area contributed by atoms with Crippen molar-refractivity contribution in [3.05, 3.63) is 42.1 Å². The molecular weight excluding hydrogens is 264 g/mol. The zero-order chi connectivity index (χ0) is 14.7. The first kappa shape index (κ1) is 13.8. The number of carbonyl (C=O) groups excluding carboxylic acids is 1. The quantitative estimate of drug-likeness (QED) is 0.905. The van der Waals surface area contributed by atoms with Crippen molar-refractivity contribution in [3.63, 3.8) is 0 Å². The molecule has 5 nitrogen and oxygen atoms in total. The van der Waals surface area contributed by atoms with Crippen LogP contribution in [0.2, 0.25) is 0 Å². The molecule has 1 atom stereocenters. The number of nitrogens with one attached hydrogen (secondary N) is 2. The van der Waals surface area contributed by atoms with E-state index in [0.29, 0.717) is 11.7 Å². The largest absolute Gasteiger partial charge is 0.336 e. The van der Waals surface area contributed by atoms with Crippen molar-refractivity contribution in [2.24, 2.45) is 0 Å². The molecule has 2 heterocycles. The van der Waals surface area contributed by atoms with E-state index >= 15 is 0 Å². The number of piperidine rings is 1. The fourth-order valence-corrected chi connectivity index (χ4v) is 2.76. The molecule has 0 spiro atoms. The van der Waals surface area contributed by atoms with Gasteiger partial charge in [0.05, 0.1) is 5.69 Å². The van der Waals surface area contributed by atoms with Crippen LogP contribution in [0.3, 0.4) is 0 Å². The van der Waals surface area contributed by atoms with E-state index in [4.69, 9.17) is 0 Å². The summed E-state index contributed by atoms with van der Waals surface area (Å²) in [6, 6.07) is 12.1. The fourth-order valence-electron chi connectivity index (χ4n) is 2.76. The molecule has 110 valence electrons. The third kappa shape index (κ3) is 2.97. The van der Waals surface area contributed by atoms with Crippen molar-refractivity contribution in [2.75, 3.05) is 20.1 Å². The summed E-state index contributed by atoms with van der Waals surface area (Å²) in [4.78, 5) is 14.4. The number of carbonyl (C=O) groups is 1.